The number of unbranched alkanes of at least 4 members (excludes halogenated alkanes) is 36. The van der Waals surface area contributed by atoms with Crippen LogP contribution >= 0.6 is 0 Å². The average Bonchev–Trinajstić information content (AvgIpc) is 3.29. The maximum atomic E-state index is 12.6. The van der Waals surface area contributed by atoms with Crippen LogP contribution in [-0.4, -0.2) is 57.3 Å². The number of rotatable bonds is 51. The average molecular weight is 889 g/mol. The van der Waals surface area contributed by atoms with Crippen LogP contribution in [0.5, 0.6) is 0 Å². The molecule has 0 aromatic rings. The largest absolute Gasteiger partial charge is 0.394 e. The van der Waals surface area contributed by atoms with Gasteiger partial charge in [-0.2, -0.15) is 0 Å². The predicted octanol–water partition coefficient (Wildman–Crippen LogP) is 16.0. The van der Waals surface area contributed by atoms with Crippen LogP contribution in [0.2, 0.25) is 0 Å². The highest BCUT2D eigenvalue weighted by Crippen LogP contribution is 2.17. The summed E-state index contributed by atoms with van der Waals surface area (Å²) in [6, 6.07) is -1.01. The van der Waals surface area contributed by atoms with Crippen molar-refractivity contribution in [2.45, 2.75) is 314 Å². The van der Waals surface area contributed by atoms with E-state index in [4.69, 9.17) is 0 Å². The molecule has 0 aromatic heterocycles. The maximum absolute atomic E-state index is 12.6. The second kappa shape index (κ2) is 51.5. The standard InChI is InChI=1S/C57H109NO5/c1-3-5-7-9-11-13-15-17-19-21-22-23-24-25-26-27-28-29-30-31-32-33-35-37-39-41-43-45-47-49-51-55(61)57(63)58-53(52-59)56(62)54(60)50-48-46-44-42-40-38-36-34-20-18-16-14-12-10-8-6-4-2/h25-26,34,36,42,44,53-56,59-62H,3-24,27-33,35,37-41,43,45-52H2,1-2H3,(H,58,63)/b26-25-,36-34+,44-42+. The Morgan fingerprint density at radius 3 is 1.00 bits per heavy atom. The quantitative estimate of drug-likeness (QED) is 0.0309. The third kappa shape index (κ3) is 45.5. The number of allylic oxidation sites excluding steroid dienone is 6. The van der Waals surface area contributed by atoms with Gasteiger partial charge in [0.15, 0.2) is 0 Å². The van der Waals surface area contributed by atoms with Gasteiger partial charge in [0.1, 0.15) is 12.2 Å². The molecule has 4 atom stereocenters. The zero-order valence-electron chi connectivity index (χ0n) is 42.1. The monoisotopic (exact) mass is 888 g/mol. The molecular weight excluding hydrogens is 779 g/mol. The Kier molecular flexibility index (Phi) is 50.3. The van der Waals surface area contributed by atoms with Gasteiger partial charge >= 0.3 is 0 Å². The van der Waals surface area contributed by atoms with E-state index in [1.54, 1.807) is 0 Å². The normalized spacial score (nSPS) is 14.1. The number of hydrogen-bond donors (Lipinski definition) is 5. The zero-order chi connectivity index (χ0) is 45.9. The van der Waals surface area contributed by atoms with Crippen molar-refractivity contribution in [1.82, 2.24) is 5.32 Å². The predicted molar refractivity (Wildman–Crippen MR) is 274 cm³/mol. The van der Waals surface area contributed by atoms with Crippen molar-refractivity contribution in [2.24, 2.45) is 0 Å². The van der Waals surface area contributed by atoms with E-state index in [-0.39, 0.29) is 0 Å². The summed E-state index contributed by atoms with van der Waals surface area (Å²) in [4.78, 5) is 12.6. The summed E-state index contributed by atoms with van der Waals surface area (Å²) < 4.78 is 0. The highest BCUT2D eigenvalue weighted by atomic mass is 16.3. The van der Waals surface area contributed by atoms with Crippen LogP contribution in [0.4, 0.5) is 0 Å². The lowest BCUT2D eigenvalue weighted by atomic mass is 10.00. The van der Waals surface area contributed by atoms with Crippen molar-refractivity contribution < 1.29 is 25.2 Å². The summed E-state index contributed by atoms with van der Waals surface area (Å²) in [5, 5.41) is 43.9. The van der Waals surface area contributed by atoms with Crippen LogP contribution in [0.15, 0.2) is 36.5 Å². The molecule has 0 aromatic carbocycles. The first-order valence-corrected chi connectivity index (χ1v) is 27.9. The molecule has 5 N–H and O–H groups in total. The third-order valence-corrected chi connectivity index (χ3v) is 13.1. The van der Waals surface area contributed by atoms with Crippen molar-refractivity contribution in [1.29, 1.82) is 0 Å². The SMILES string of the molecule is CCCCCCCCCC/C=C/CC/C=C/CCCC(O)C(O)C(CO)NC(=O)C(O)CCCCCCCCCCCCCCCC/C=C\CCCCCCCCCCCCCC. The van der Waals surface area contributed by atoms with Crippen LogP contribution in [0, 0.1) is 0 Å². The van der Waals surface area contributed by atoms with Crippen LogP contribution in [-0.2, 0) is 4.79 Å². The summed E-state index contributed by atoms with van der Waals surface area (Å²) in [6.45, 7) is 4.06. The molecule has 0 radical (unpaired) electrons. The molecular formula is C57H109NO5. The molecule has 0 fully saturated rings. The highest BCUT2D eigenvalue weighted by Gasteiger charge is 2.28. The van der Waals surface area contributed by atoms with E-state index >= 15 is 0 Å². The first-order valence-electron chi connectivity index (χ1n) is 27.9. The highest BCUT2D eigenvalue weighted by molar-refractivity contribution is 5.80. The van der Waals surface area contributed by atoms with Crippen LogP contribution in [0.3, 0.4) is 0 Å². The van der Waals surface area contributed by atoms with Crippen molar-refractivity contribution in [3.8, 4) is 0 Å². The first kappa shape index (κ1) is 61.5. The fraction of sp³-hybridized carbons (Fsp3) is 0.877. The molecule has 6 heteroatoms. The van der Waals surface area contributed by atoms with Gasteiger partial charge in [-0.3, -0.25) is 4.79 Å². The van der Waals surface area contributed by atoms with Gasteiger partial charge in [-0.1, -0.05) is 249 Å². The first-order chi connectivity index (χ1) is 31.0. The Labute approximate surface area is 392 Å². The second-order valence-corrected chi connectivity index (χ2v) is 19.3. The number of aliphatic hydroxyl groups is 4. The number of nitrogens with one attached hydrogen (secondary N) is 1. The van der Waals surface area contributed by atoms with Gasteiger partial charge in [0.2, 0.25) is 5.91 Å². The minimum absolute atomic E-state index is 0.361. The number of amides is 1. The van der Waals surface area contributed by atoms with Crippen molar-refractivity contribution >= 4 is 5.91 Å². The molecule has 372 valence electrons. The Morgan fingerprint density at radius 1 is 0.381 bits per heavy atom. The molecule has 0 spiro atoms. The van der Waals surface area contributed by atoms with E-state index in [0.717, 1.165) is 38.5 Å². The minimum Gasteiger partial charge on any atom is -0.394 e. The van der Waals surface area contributed by atoms with Gasteiger partial charge in [-0.15, -0.1) is 0 Å². The molecule has 1 amide bonds. The van der Waals surface area contributed by atoms with E-state index in [1.165, 1.54) is 218 Å². The third-order valence-electron chi connectivity index (χ3n) is 13.1. The molecule has 0 aliphatic rings. The Bertz CT molecular complexity index is 997. The fourth-order valence-corrected chi connectivity index (χ4v) is 8.65. The molecule has 0 aliphatic heterocycles. The molecule has 0 saturated carbocycles. The number of carbonyl (C=O) groups is 1. The smallest absolute Gasteiger partial charge is 0.249 e. The molecule has 0 aliphatic carbocycles. The maximum Gasteiger partial charge on any atom is 0.249 e. The summed E-state index contributed by atoms with van der Waals surface area (Å²) >= 11 is 0. The Hall–Kier alpha value is -1.47. The molecule has 63 heavy (non-hydrogen) atoms. The topological polar surface area (TPSA) is 110 Å². The molecule has 0 heterocycles. The van der Waals surface area contributed by atoms with Gasteiger partial charge in [0, 0.05) is 0 Å². The molecule has 0 bridgehead atoms. The number of carbonyl (C=O) groups excluding carboxylic acids is 1. The van der Waals surface area contributed by atoms with Crippen LogP contribution in [0.25, 0.3) is 0 Å². The lowest BCUT2D eigenvalue weighted by molar-refractivity contribution is -0.132. The van der Waals surface area contributed by atoms with Gasteiger partial charge in [-0.25, -0.2) is 0 Å². The van der Waals surface area contributed by atoms with E-state index in [1.807, 2.05) is 0 Å². The fourth-order valence-electron chi connectivity index (χ4n) is 8.65. The van der Waals surface area contributed by atoms with Gasteiger partial charge in [-0.05, 0) is 77.0 Å². The van der Waals surface area contributed by atoms with E-state index in [9.17, 15) is 25.2 Å². The number of aliphatic hydroxyl groups excluding tert-OH is 4. The van der Waals surface area contributed by atoms with Gasteiger partial charge in [0.25, 0.3) is 0 Å². The van der Waals surface area contributed by atoms with Gasteiger partial charge in [0.05, 0.1) is 18.8 Å². The molecule has 4 unspecified atom stereocenters. The van der Waals surface area contributed by atoms with Crippen molar-refractivity contribution in [3.63, 3.8) is 0 Å². The Morgan fingerprint density at radius 2 is 0.667 bits per heavy atom. The van der Waals surface area contributed by atoms with Crippen molar-refractivity contribution in [2.75, 3.05) is 6.61 Å². The van der Waals surface area contributed by atoms with E-state index in [2.05, 4.69) is 55.6 Å². The summed E-state index contributed by atoms with van der Waals surface area (Å²) in [5.74, 6) is -0.595. The van der Waals surface area contributed by atoms with Crippen LogP contribution < -0.4 is 5.32 Å². The Balaban J connectivity index is 3.63. The molecule has 0 saturated heterocycles. The molecule has 0 rings (SSSR count). The summed E-state index contributed by atoms with van der Waals surface area (Å²) in [7, 11) is 0. The van der Waals surface area contributed by atoms with Crippen molar-refractivity contribution in [3.05, 3.63) is 36.5 Å². The molecule has 6 nitrogen and oxygen atoms in total. The summed E-state index contributed by atoms with van der Waals surface area (Å²) in [5.41, 5.74) is 0. The minimum atomic E-state index is -1.29. The lowest BCUT2D eigenvalue weighted by Gasteiger charge is -2.27. The van der Waals surface area contributed by atoms with E-state index < -0.39 is 36.9 Å². The van der Waals surface area contributed by atoms with Crippen LogP contribution in [0.1, 0.15) is 290 Å². The number of hydrogen-bond acceptors (Lipinski definition) is 5. The summed E-state index contributed by atoms with van der Waals surface area (Å²) in [6.07, 6.45) is 63.6. The lowest BCUT2D eigenvalue weighted by Crippen LogP contribution is -2.53. The zero-order valence-corrected chi connectivity index (χ0v) is 42.1. The van der Waals surface area contributed by atoms with E-state index in [0.29, 0.717) is 19.3 Å². The van der Waals surface area contributed by atoms with Gasteiger partial charge < -0.3 is 25.7 Å². The second-order valence-electron chi connectivity index (χ2n) is 19.3.